The fraction of sp³-hybridized carbons (Fsp3) is 0.308. The summed E-state index contributed by atoms with van der Waals surface area (Å²) in [5.41, 5.74) is 13.1. The monoisotopic (exact) mass is 509 g/mol. The number of aromatic nitrogens is 1. The Hall–Kier alpha value is -3.92. The molecule has 0 fully saturated rings. The van der Waals surface area contributed by atoms with E-state index in [1.165, 1.54) is 4.90 Å². The Morgan fingerprint density at radius 2 is 1.78 bits per heavy atom. The van der Waals surface area contributed by atoms with Crippen LogP contribution in [0.1, 0.15) is 57.6 Å². The third-order valence-electron chi connectivity index (χ3n) is 5.71. The van der Waals surface area contributed by atoms with Crippen LogP contribution in [-0.2, 0) is 4.79 Å². The third-order valence-corrected chi connectivity index (χ3v) is 6.56. The molecule has 1 atom stereocenters. The van der Waals surface area contributed by atoms with Crippen LogP contribution in [0.5, 0.6) is 5.75 Å². The Labute approximate surface area is 214 Å². The zero-order valence-electron chi connectivity index (χ0n) is 20.8. The molecule has 10 heteroatoms. The Morgan fingerprint density at radius 1 is 1.11 bits per heavy atom. The van der Waals surface area contributed by atoms with Gasteiger partial charge >= 0.3 is 0 Å². The summed E-state index contributed by atoms with van der Waals surface area (Å²) in [6.07, 6.45) is 0.781. The highest BCUT2D eigenvalue weighted by Gasteiger charge is 2.36. The van der Waals surface area contributed by atoms with Crippen molar-refractivity contribution < 1.29 is 19.1 Å². The van der Waals surface area contributed by atoms with Crippen LogP contribution >= 0.6 is 11.5 Å². The van der Waals surface area contributed by atoms with Crippen molar-refractivity contribution in [3.8, 4) is 5.75 Å². The van der Waals surface area contributed by atoms with Gasteiger partial charge in [-0.05, 0) is 60.1 Å². The summed E-state index contributed by atoms with van der Waals surface area (Å²) in [5, 5.41) is 2.97. The minimum atomic E-state index is -1.03. The number of carbonyl (C=O) groups is 3. The van der Waals surface area contributed by atoms with E-state index in [0.717, 1.165) is 23.5 Å². The minimum absolute atomic E-state index is 0.0283. The van der Waals surface area contributed by atoms with Crippen LogP contribution < -0.4 is 26.4 Å². The first-order valence-corrected chi connectivity index (χ1v) is 12.3. The maximum Gasteiger partial charge on any atom is 0.273 e. The molecule has 0 spiro atoms. The molecule has 0 aliphatic rings. The first kappa shape index (κ1) is 26.7. The number of rotatable bonds is 10. The number of methoxy groups -OCH3 is 1. The zero-order valence-corrected chi connectivity index (χ0v) is 21.6. The highest BCUT2D eigenvalue weighted by atomic mass is 32.1. The first-order valence-electron chi connectivity index (χ1n) is 11.5. The van der Waals surface area contributed by atoms with Crippen LogP contribution in [0.15, 0.2) is 48.5 Å². The van der Waals surface area contributed by atoms with Crippen LogP contribution in [-0.4, -0.2) is 35.7 Å². The number of hydrogen-bond donors (Lipinski definition) is 3. The van der Waals surface area contributed by atoms with Gasteiger partial charge in [0.1, 0.15) is 16.7 Å². The summed E-state index contributed by atoms with van der Waals surface area (Å²) >= 11 is 0.775. The molecule has 1 heterocycles. The van der Waals surface area contributed by atoms with Crippen molar-refractivity contribution in [3.05, 3.63) is 70.2 Å². The number of nitrogens with two attached hydrogens (primary N) is 2. The van der Waals surface area contributed by atoms with Crippen LogP contribution in [0.25, 0.3) is 0 Å². The summed E-state index contributed by atoms with van der Waals surface area (Å²) in [5.74, 6) is -0.738. The van der Waals surface area contributed by atoms with E-state index in [4.69, 9.17) is 16.2 Å². The van der Waals surface area contributed by atoms with E-state index in [1.807, 2.05) is 19.1 Å². The minimum Gasteiger partial charge on any atom is -0.497 e. The number of para-hydroxylation sites is 1. The van der Waals surface area contributed by atoms with Crippen molar-refractivity contribution >= 4 is 40.6 Å². The van der Waals surface area contributed by atoms with E-state index < -0.39 is 17.9 Å². The number of aryl methyl sites for hydroxylation is 1. The number of anilines is 2. The van der Waals surface area contributed by atoms with Gasteiger partial charge in [0.15, 0.2) is 5.69 Å². The Kier molecular flexibility index (Phi) is 8.65. The second-order valence-corrected chi connectivity index (χ2v) is 9.52. The fourth-order valence-corrected chi connectivity index (χ4v) is 4.46. The largest absolute Gasteiger partial charge is 0.497 e. The van der Waals surface area contributed by atoms with Gasteiger partial charge in [0.25, 0.3) is 11.8 Å². The molecule has 0 saturated heterocycles. The standard InChI is InChI=1S/C26H31N5O4S/c1-15(2)13-14-29-25(33)22(17-9-11-18(35-4)12-10-17)31(19-8-6-5-7-16(19)3)26(34)23-20(27)21(24(28)32)30-36-23/h5-12,15,22H,13-14,27H2,1-4H3,(H2,28,32)(H,29,33). The smallest absolute Gasteiger partial charge is 0.273 e. The molecule has 0 aliphatic heterocycles. The number of nitrogen functional groups attached to an aromatic ring is 1. The first-order chi connectivity index (χ1) is 17.1. The van der Waals surface area contributed by atoms with Gasteiger partial charge in [0.2, 0.25) is 5.91 Å². The second-order valence-electron chi connectivity index (χ2n) is 8.75. The SMILES string of the molecule is COc1ccc(C(C(=O)NCCC(C)C)N(C(=O)c2snc(C(N)=O)c2N)c2ccccc2C)cc1. The Balaban J connectivity index is 2.17. The number of benzene rings is 2. The van der Waals surface area contributed by atoms with E-state index in [2.05, 4.69) is 23.5 Å². The average molecular weight is 510 g/mol. The van der Waals surface area contributed by atoms with Crippen molar-refractivity contribution in [1.82, 2.24) is 9.69 Å². The zero-order chi connectivity index (χ0) is 26.4. The maximum atomic E-state index is 14.0. The van der Waals surface area contributed by atoms with E-state index in [-0.39, 0.29) is 22.2 Å². The molecule has 3 amide bonds. The van der Waals surface area contributed by atoms with Crippen LogP contribution in [0.4, 0.5) is 11.4 Å². The van der Waals surface area contributed by atoms with Crippen LogP contribution in [0, 0.1) is 12.8 Å². The van der Waals surface area contributed by atoms with E-state index in [1.54, 1.807) is 43.5 Å². The molecule has 9 nitrogen and oxygen atoms in total. The quantitative estimate of drug-likeness (QED) is 0.381. The summed E-state index contributed by atoms with van der Waals surface area (Å²) in [6, 6.07) is 13.2. The van der Waals surface area contributed by atoms with E-state index in [9.17, 15) is 14.4 Å². The molecule has 190 valence electrons. The highest BCUT2D eigenvalue weighted by Crippen LogP contribution is 2.35. The number of ether oxygens (including phenoxy) is 1. The molecular weight excluding hydrogens is 478 g/mol. The molecule has 5 N–H and O–H groups in total. The van der Waals surface area contributed by atoms with Crippen molar-refractivity contribution in [2.75, 3.05) is 24.3 Å². The van der Waals surface area contributed by atoms with Crippen molar-refractivity contribution in [2.24, 2.45) is 11.7 Å². The van der Waals surface area contributed by atoms with Gasteiger partial charge in [-0.1, -0.05) is 44.2 Å². The summed E-state index contributed by atoms with van der Waals surface area (Å²) < 4.78 is 9.26. The lowest BCUT2D eigenvalue weighted by atomic mass is 10.0. The summed E-state index contributed by atoms with van der Waals surface area (Å²) in [4.78, 5) is 40.9. The van der Waals surface area contributed by atoms with Gasteiger partial charge in [-0.2, -0.15) is 4.37 Å². The molecule has 0 saturated carbocycles. The number of carbonyl (C=O) groups excluding carboxylic acids is 3. The van der Waals surface area contributed by atoms with Crippen molar-refractivity contribution in [2.45, 2.75) is 33.2 Å². The molecule has 0 aliphatic carbocycles. The number of amides is 3. The van der Waals surface area contributed by atoms with Crippen LogP contribution in [0.3, 0.4) is 0 Å². The molecule has 0 bridgehead atoms. The van der Waals surface area contributed by atoms with Gasteiger partial charge in [0, 0.05) is 12.2 Å². The van der Waals surface area contributed by atoms with Gasteiger partial charge in [0.05, 0.1) is 12.8 Å². The molecule has 3 aromatic rings. The van der Waals surface area contributed by atoms with E-state index in [0.29, 0.717) is 29.5 Å². The summed E-state index contributed by atoms with van der Waals surface area (Å²) in [6.45, 7) is 6.44. The number of nitrogens with zero attached hydrogens (tertiary/aromatic N) is 2. The predicted molar refractivity (Wildman–Crippen MR) is 141 cm³/mol. The third kappa shape index (κ3) is 5.83. The molecule has 1 aromatic heterocycles. The van der Waals surface area contributed by atoms with Gasteiger partial charge in [-0.25, -0.2) is 0 Å². The molecule has 1 unspecified atom stereocenters. The normalized spacial score (nSPS) is 11.7. The average Bonchev–Trinajstić information content (AvgIpc) is 3.24. The Bertz CT molecular complexity index is 1240. The predicted octanol–water partition coefficient (Wildman–Crippen LogP) is 3.69. The van der Waals surface area contributed by atoms with E-state index >= 15 is 0 Å². The van der Waals surface area contributed by atoms with Gasteiger partial charge in [-0.15, -0.1) is 0 Å². The molecule has 0 radical (unpaired) electrons. The number of primary amides is 1. The van der Waals surface area contributed by atoms with Gasteiger partial charge < -0.3 is 21.5 Å². The lowest BCUT2D eigenvalue weighted by Gasteiger charge is -2.32. The number of hydrogen-bond acceptors (Lipinski definition) is 7. The number of nitrogens with one attached hydrogen (secondary N) is 1. The highest BCUT2D eigenvalue weighted by molar-refractivity contribution is 7.09. The molecular formula is C26H31N5O4S. The molecule has 3 rings (SSSR count). The second kappa shape index (κ2) is 11.7. The fourth-order valence-electron chi connectivity index (χ4n) is 3.72. The Morgan fingerprint density at radius 3 is 2.33 bits per heavy atom. The van der Waals surface area contributed by atoms with Crippen molar-refractivity contribution in [3.63, 3.8) is 0 Å². The lowest BCUT2D eigenvalue weighted by molar-refractivity contribution is -0.122. The topological polar surface area (TPSA) is 141 Å². The molecule has 36 heavy (non-hydrogen) atoms. The molecule has 2 aromatic carbocycles. The van der Waals surface area contributed by atoms with Gasteiger partial charge in [-0.3, -0.25) is 19.3 Å². The van der Waals surface area contributed by atoms with Crippen LogP contribution in [0.2, 0.25) is 0 Å². The lowest BCUT2D eigenvalue weighted by Crippen LogP contribution is -2.44. The van der Waals surface area contributed by atoms with Crippen molar-refractivity contribution in [1.29, 1.82) is 0 Å². The summed E-state index contributed by atoms with van der Waals surface area (Å²) in [7, 11) is 1.55. The maximum absolute atomic E-state index is 14.0.